The molecular formula is C23H26N2O4. The predicted octanol–water partition coefficient (Wildman–Crippen LogP) is 4.30. The zero-order valence-electron chi connectivity index (χ0n) is 16.7. The van der Waals surface area contributed by atoms with Crippen molar-refractivity contribution in [1.29, 1.82) is 0 Å². The topological polar surface area (TPSA) is 77.5 Å². The van der Waals surface area contributed by atoms with Gasteiger partial charge in [-0.15, -0.1) is 0 Å². The van der Waals surface area contributed by atoms with Gasteiger partial charge in [-0.3, -0.25) is 15.1 Å². The number of amides is 1. The molecule has 1 unspecified atom stereocenters. The van der Waals surface area contributed by atoms with Crippen LogP contribution in [0.25, 0.3) is 0 Å². The van der Waals surface area contributed by atoms with Crippen molar-refractivity contribution in [2.24, 2.45) is 0 Å². The van der Waals surface area contributed by atoms with E-state index in [0.717, 1.165) is 44.2 Å². The van der Waals surface area contributed by atoms with E-state index >= 15 is 0 Å². The Bertz CT molecular complexity index is 879. The molecule has 0 aliphatic heterocycles. The number of carbonyl (C=O) groups is 2. The highest BCUT2D eigenvalue weighted by atomic mass is 16.6. The largest absolute Gasteiger partial charge is 0.466 e. The summed E-state index contributed by atoms with van der Waals surface area (Å²) in [5.74, 6) is -0.419. The van der Waals surface area contributed by atoms with Crippen LogP contribution in [0.3, 0.4) is 0 Å². The molecule has 1 atom stereocenters. The van der Waals surface area contributed by atoms with Gasteiger partial charge in [0.1, 0.15) is 0 Å². The number of ether oxygens (including phenoxy) is 2. The van der Waals surface area contributed by atoms with E-state index in [1.54, 1.807) is 31.3 Å². The number of hydrogen-bond donors (Lipinski definition) is 1. The summed E-state index contributed by atoms with van der Waals surface area (Å²) in [6, 6.07) is 7.65. The third-order valence-electron chi connectivity index (χ3n) is 5.62. The molecule has 1 N–H and O–H groups in total. The first-order valence-electron chi connectivity index (χ1n) is 10.4. The Labute approximate surface area is 170 Å². The quantitative estimate of drug-likeness (QED) is 0.739. The lowest BCUT2D eigenvalue weighted by Crippen LogP contribution is -2.22. The Kier molecular flexibility index (Phi) is 5.79. The zero-order chi connectivity index (χ0) is 20.2. The van der Waals surface area contributed by atoms with Crippen LogP contribution in [-0.2, 0) is 40.0 Å². The molecule has 6 nitrogen and oxygen atoms in total. The first-order chi connectivity index (χ1) is 14.2. The summed E-state index contributed by atoms with van der Waals surface area (Å²) in [7, 11) is 0. The summed E-state index contributed by atoms with van der Waals surface area (Å²) in [6.45, 7) is 2.03. The number of aryl methyl sites for hydroxylation is 2. The lowest BCUT2D eigenvalue weighted by molar-refractivity contribution is -0.145. The van der Waals surface area contributed by atoms with Crippen molar-refractivity contribution in [3.8, 4) is 0 Å². The van der Waals surface area contributed by atoms with Crippen molar-refractivity contribution in [2.45, 2.75) is 58.0 Å². The number of esters is 1. The molecule has 1 heterocycles. The fourth-order valence-electron chi connectivity index (χ4n) is 4.37. The summed E-state index contributed by atoms with van der Waals surface area (Å²) in [5, 5.41) is 3.01. The summed E-state index contributed by atoms with van der Waals surface area (Å²) in [6.07, 6.45) is 6.50. The molecule has 2 aromatic rings. The predicted molar refractivity (Wildman–Crippen MR) is 109 cm³/mol. The van der Waals surface area contributed by atoms with Crippen LogP contribution in [0.1, 0.15) is 60.2 Å². The molecule has 29 heavy (non-hydrogen) atoms. The van der Waals surface area contributed by atoms with Crippen molar-refractivity contribution in [1.82, 2.24) is 4.98 Å². The second-order valence-electron chi connectivity index (χ2n) is 7.52. The van der Waals surface area contributed by atoms with Crippen molar-refractivity contribution in [2.75, 3.05) is 11.9 Å². The SMILES string of the molecule is CCOC(=O)CC(OC(=O)Nc1c2c(cc3c1CCC3)CCC2)c1ccccn1. The lowest BCUT2D eigenvalue weighted by Gasteiger charge is -2.20. The van der Waals surface area contributed by atoms with Gasteiger partial charge < -0.3 is 9.47 Å². The van der Waals surface area contributed by atoms with Gasteiger partial charge in [-0.05, 0) is 79.8 Å². The molecule has 0 saturated carbocycles. The van der Waals surface area contributed by atoms with Gasteiger partial charge in [0.05, 0.1) is 24.4 Å². The first kappa shape index (κ1) is 19.4. The van der Waals surface area contributed by atoms with Crippen LogP contribution in [0.15, 0.2) is 30.5 Å². The fourth-order valence-corrected chi connectivity index (χ4v) is 4.37. The molecule has 1 aromatic carbocycles. The molecule has 1 amide bonds. The second kappa shape index (κ2) is 8.64. The second-order valence-corrected chi connectivity index (χ2v) is 7.52. The van der Waals surface area contributed by atoms with Crippen LogP contribution in [0.4, 0.5) is 10.5 Å². The van der Waals surface area contributed by atoms with Crippen LogP contribution >= 0.6 is 0 Å². The van der Waals surface area contributed by atoms with E-state index in [1.165, 1.54) is 22.3 Å². The minimum atomic E-state index is -0.792. The maximum atomic E-state index is 12.8. The molecular weight excluding hydrogens is 368 g/mol. The number of anilines is 1. The lowest BCUT2D eigenvalue weighted by atomic mass is 9.99. The van der Waals surface area contributed by atoms with E-state index in [-0.39, 0.29) is 13.0 Å². The molecule has 2 aliphatic rings. The first-order valence-corrected chi connectivity index (χ1v) is 10.4. The Morgan fingerprint density at radius 3 is 2.45 bits per heavy atom. The maximum absolute atomic E-state index is 12.8. The van der Waals surface area contributed by atoms with Crippen LogP contribution < -0.4 is 5.32 Å². The van der Waals surface area contributed by atoms with Gasteiger partial charge in [-0.1, -0.05) is 12.1 Å². The van der Waals surface area contributed by atoms with Crippen LogP contribution in [0, 0.1) is 0 Å². The smallest absolute Gasteiger partial charge is 0.412 e. The van der Waals surface area contributed by atoms with E-state index in [2.05, 4.69) is 16.4 Å². The minimum absolute atomic E-state index is 0.0662. The minimum Gasteiger partial charge on any atom is -0.466 e. The molecule has 4 rings (SSSR count). The number of hydrogen-bond acceptors (Lipinski definition) is 5. The molecule has 0 spiro atoms. The van der Waals surface area contributed by atoms with Gasteiger partial charge >= 0.3 is 12.1 Å². The van der Waals surface area contributed by atoms with E-state index in [0.29, 0.717) is 5.69 Å². The number of aromatic nitrogens is 1. The Hall–Kier alpha value is -2.89. The summed E-state index contributed by atoms with van der Waals surface area (Å²) >= 11 is 0. The average Bonchev–Trinajstić information content (AvgIpc) is 3.37. The Morgan fingerprint density at radius 1 is 1.10 bits per heavy atom. The van der Waals surface area contributed by atoms with Crippen LogP contribution in [-0.4, -0.2) is 23.7 Å². The molecule has 0 saturated heterocycles. The van der Waals surface area contributed by atoms with E-state index in [4.69, 9.17) is 9.47 Å². The van der Waals surface area contributed by atoms with Crippen LogP contribution in [0.2, 0.25) is 0 Å². The summed E-state index contributed by atoms with van der Waals surface area (Å²) in [4.78, 5) is 29.1. The fraction of sp³-hybridized carbons (Fsp3) is 0.435. The number of pyridine rings is 1. The number of nitrogens with one attached hydrogen (secondary N) is 1. The highest BCUT2D eigenvalue weighted by Crippen LogP contribution is 2.38. The third-order valence-corrected chi connectivity index (χ3v) is 5.62. The van der Waals surface area contributed by atoms with E-state index in [9.17, 15) is 9.59 Å². The molecule has 0 fully saturated rings. The average molecular weight is 394 g/mol. The number of benzene rings is 1. The molecule has 0 bridgehead atoms. The van der Waals surface area contributed by atoms with Gasteiger partial charge in [0.15, 0.2) is 6.10 Å². The highest BCUT2D eigenvalue weighted by Gasteiger charge is 2.27. The molecule has 1 aromatic heterocycles. The van der Waals surface area contributed by atoms with Gasteiger partial charge in [-0.25, -0.2) is 4.79 Å². The number of rotatable bonds is 6. The standard InChI is InChI=1S/C23H26N2O4/c1-2-28-21(26)14-20(19-11-3-4-12-24-19)29-23(27)25-22-17-9-5-7-15(17)13-16-8-6-10-18(16)22/h3-4,11-13,20H,2,5-10,14H2,1H3,(H,25,27). The van der Waals surface area contributed by atoms with E-state index < -0.39 is 18.2 Å². The summed E-state index contributed by atoms with van der Waals surface area (Å²) in [5.41, 5.74) is 6.61. The van der Waals surface area contributed by atoms with Gasteiger partial charge in [0, 0.05) is 6.20 Å². The van der Waals surface area contributed by atoms with Crippen LogP contribution in [0.5, 0.6) is 0 Å². The number of nitrogens with zero attached hydrogens (tertiary/aromatic N) is 1. The normalized spacial score (nSPS) is 15.3. The number of fused-ring (bicyclic) bond motifs is 2. The Morgan fingerprint density at radius 2 is 1.83 bits per heavy atom. The third kappa shape index (κ3) is 4.26. The van der Waals surface area contributed by atoms with E-state index in [1.807, 2.05) is 0 Å². The van der Waals surface area contributed by atoms with Crippen molar-refractivity contribution >= 4 is 17.7 Å². The van der Waals surface area contributed by atoms with Crippen molar-refractivity contribution < 1.29 is 19.1 Å². The Balaban J connectivity index is 1.54. The molecule has 152 valence electrons. The summed E-state index contributed by atoms with van der Waals surface area (Å²) < 4.78 is 10.7. The zero-order valence-corrected chi connectivity index (χ0v) is 16.7. The van der Waals surface area contributed by atoms with Gasteiger partial charge in [0.25, 0.3) is 0 Å². The maximum Gasteiger partial charge on any atom is 0.412 e. The van der Waals surface area contributed by atoms with Crippen molar-refractivity contribution in [3.05, 3.63) is 58.4 Å². The van der Waals surface area contributed by atoms with Crippen molar-refractivity contribution in [3.63, 3.8) is 0 Å². The molecule has 6 heteroatoms. The molecule has 0 radical (unpaired) electrons. The monoisotopic (exact) mass is 394 g/mol. The molecule has 2 aliphatic carbocycles. The highest BCUT2D eigenvalue weighted by molar-refractivity contribution is 5.88. The van der Waals surface area contributed by atoms with Gasteiger partial charge in [0.2, 0.25) is 0 Å². The number of carbonyl (C=O) groups excluding carboxylic acids is 2. The van der Waals surface area contributed by atoms with Gasteiger partial charge in [-0.2, -0.15) is 0 Å².